The lowest BCUT2D eigenvalue weighted by Crippen LogP contribution is -2.51. The molecule has 0 atom stereocenters. The monoisotopic (exact) mass is 417 g/mol. The van der Waals surface area contributed by atoms with Crippen molar-refractivity contribution < 1.29 is 19.1 Å². The van der Waals surface area contributed by atoms with Crippen LogP contribution in [-0.2, 0) is 4.79 Å². The van der Waals surface area contributed by atoms with E-state index in [4.69, 9.17) is 21.1 Å². The van der Waals surface area contributed by atoms with Crippen LogP contribution in [0.1, 0.15) is 10.4 Å². The number of nitrogens with one attached hydrogen (secondary N) is 1. The first-order chi connectivity index (χ1) is 14.0. The molecule has 1 N–H and O–H groups in total. The van der Waals surface area contributed by atoms with Gasteiger partial charge in [-0.05, 0) is 30.3 Å². The molecule has 2 aromatic rings. The Labute approximate surface area is 175 Å². The number of methoxy groups -OCH3 is 2. The maximum absolute atomic E-state index is 12.8. The summed E-state index contributed by atoms with van der Waals surface area (Å²) in [4.78, 5) is 28.8. The van der Waals surface area contributed by atoms with E-state index in [1.165, 1.54) is 7.11 Å². The van der Waals surface area contributed by atoms with Gasteiger partial charge in [0.25, 0.3) is 5.91 Å². The van der Waals surface area contributed by atoms with Crippen molar-refractivity contribution in [3.05, 3.63) is 53.1 Å². The Hall–Kier alpha value is -2.93. The van der Waals surface area contributed by atoms with Crippen molar-refractivity contribution in [1.29, 1.82) is 0 Å². The summed E-state index contributed by atoms with van der Waals surface area (Å²) in [5, 5.41) is 3.64. The minimum absolute atomic E-state index is 0.0249. The number of carbonyl (C=O) groups is 2. The molecule has 1 heterocycles. The molecule has 154 valence electrons. The minimum atomic E-state index is -0.0905. The molecule has 2 aromatic carbocycles. The number of anilines is 1. The van der Waals surface area contributed by atoms with Gasteiger partial charge in [0, 0.05) is 31.7 Å². The van der Waals surface area contributed by atoms with Crippen molar-refractivity contribution >= 4 is 29.1 Å². The van der Waals surface area contributed by atoms with Crippen molar-refractivity contribution in [1.82, 2.24) is 9.80 Å². The molecule has 8 heteroatoms. The second-order valence-electron chi connectivity index (χ2n) is 6.58. The molecule has 7 nitrogen and oxygen atoms in total. The molecule has 0 unspecified atom stereocenters. The number of hydrogen-bond acceptors (Lipinski definition) is 5. The van der Waals surface area contributed by atoms with Crippen molar-refractivity contribution in [2.45, 2.75) is 0 Å². The van der Waals surface area contributed by atoms with Crippen molar-refractivity contribution in [3.63, 3.8) is 0 Å². The van der Waals surface area contributed by atoms with E-state index in [0.717, 1.165) is 5.69 Å². The fraction of sp³-hybridized carbons (Fsp3) is 0.333. The SMILES string of the molecule is COc1ccc(C(=O)N2CCN(C(=O)CNc3ccccc3Cl)CC2)cc1OC. The summed E-state index contributed by atoms with van der Waals surface area (Å²) in [6.45, 7) is 2.09. The zero-order chi connectivity index (χ0) is 20.8. The van der Waals surface area contributed by atoms with E-state index in [2.05, 4.69) is 5.32 Å². The highest BCUT2D eigenvalue weighted by Crippen LogP contribution is 2.28. The molecule has 0 aromatic heterocycles. The normalized spacial score (nSPS) is 13.8. The summed E-state index contributed by atoms with van der Waals surface area (Å²) >= 11 is 6.10. The quantitative estimate of drug-likeness (QED) is 0.782. The van der Waals surface area contributed by atoms with Gasteiger partial charge in [0.05, 0.1) is 31.5 Å². The first-order valence-electron chi connectivity index (χ1n) is 9.31. The van der Waals surface area contributed by atoms with Gasteiger partial charge >= 0.3 is 0 Å². The number of benzene rings is 2. The van der Waals surface area contributed by atoms with Crippen LogP contribution in [0.15, 0.2) is 42.5 Å². The highest BCUT2D eigenvalue weighted by atomic mass is 35.5. The molecule has 0 aliphatic carbocycles. The lowest BCUT2D eigenvalue weighted by Gasteiger charge is -2.35. The summed E-state index contributed by atoms with van der Waals surface area (Å²) in [6, 6.07) is 12.4. The van der Waals surface area contributed by atoms with E-state index in [1.54, 1.807) is 41.2 Å². The van der Waals surface area contributed by atoms with E-state index in [9.17, 15) is 9.59 Å². The Morgan fingerprint density at radius 2 is 1.62 bits per heavy atom. The van der Waals surface area contributed by atoms with Crippen LogP contribution in [0.4, 0.5) is 5.69 Å². The number of nitrogens with zero attached hydrogens (tertiary/aromatic N) is 2. The maximum Gasteiger partial charge on any atom is 0.254 e. The molecule has 1 aliphatic heterocycles. The van der Waals surface area contributed by atoms with Crippen molar-refractivity contribution in [2.24, 2.45) is 0 Å². The average Bonchev–Trinajstić information content (AvgIpc) is 2.77. The van der Waals surface area contributed by atoms with Gasteiger partial charge in [0.15, 0.2) is 11.5 Å². The second kappa shape index (κ2) is 9.52. The van der Waals surface area contributed by atoms with Gasteiger partial charge in [-0.15, -0.1) is 0 Å². The number of carbonyl (C=O) groups excluding carboxylic acids is 2. The highest BCUT2D eigenvalue weighted by Gasteiger charge is 2.25. The zero-order valence-corrected chi connectivity index (χ0v) is 17.2. The fourth-order valence-electron chi connectivity index (χ4n) is 3.20. The van der Waals surface area contributed by atoms with Crippen LogP contribution >= 0.6 is 11.6 Å². The van der Waals surface area contributed by atoms with Gasteiger partial charge in [0.2, 0.25) is 5.91 Å². The number of rotatable bonds is 6. The van der Waals surface area contributed by atoms with Crippen LogP contribution < -0.4 is 14.8 Å². The summed E-state index contributed by atoms with van der Waals surface area (Å²) < 4.78 is 10.5. The van der Waals surface area contributed by atoms with Crippen LogP contribution in [0.3, 0.4) is 0 Å². The van der Waals surface area contributed by atoms with E-state index >= 15 is 0 Å². The first-order valence-corrected chi connectivity index (χ1v) is 9.68. The molecular formula is C21H24ClN3O4. The predicted molar refractivity (Wildman–Crippen MR) is 112 cm³/mol. The van der Waals surface area contributed by atoms with Crippen LogP contribution in [-0.4, -0.2) is 68.6 Å². The first kappa shape index (κ1) is 20.8. The number of hydrogen-bond donors (Lipinski definition) is 1. The van der Waals surface area contributed by atoms with Gasteiger partial charge < -0.3 is 24.6 Å². The Balaban J connectivity index is 1.54. The summed E-state index contributed by atoms with van der Waals surface area (Å²) in [6.07, 6.45) is 0. The van der Waals surface area contributed by atoms with Crippen LogP contribution in [0.2, 0.25) is 5.02 Å². The summed E-state index contributed by atoms with van der Waals surface area (Å²) in [5.41, 5.74) is 1.26. The van der Waals surface area contributed by atoms with Gasteiger partial charge in [-0.25, -0.2) is 0 Å². The Morgan fingerprint density at radius 1 is 0.966 bits per heavy atom. The van der Waals surface area contributed by atoms with Crippen LogP contribution in [0.5, 0.6) is 11.5 Å². The molecule has 3 rings (SSSR count). The molecule has 0 saturated carbocycles. The largest absolute Gasteiger partial charge is 0.493 e. The van der Waals surface area contributed by atoms with Gasteiger partial charge in [0.1, 0.15) is 0 Å². The average molecular weight is 418 g/mol. The van der Waals surface area contributed by atoms with Crippen molar-refractivity contribution in [2.75, 3.05) is 52.3 Å². The molecule has 29 heavy (non-hydrogen) atoms. The van der Waals surface area contributed by atoms with E-state index in [-0.39, 0.29) is 18.4 Å². The molecule has 0 radical (unpaired) electrons. The standard InChI is InChI=1S/C21H24ClN3O4/c1-28-18-8-7-15(13-19(18)29-2)21(27)25-11-9-24(10-12-25)20(26)14-23-17-6-4-3-5-16(17)22/h3-8,13,23H,9-12,14H2,1-2H3. The van der Waals surface area contributed by atoms with Gasteiger partial charge in [-0.3, -0.25) is 9.59 Å². The molecule has 1 saturated heterocycles. The molecular weight excluding hydrogens is 394 g/mol. The Bertz CT molecular complexity index is 882. The van der Waals surface area contributed by atoms with E-state index in [0.29, 0.717) is 48.3 Å². The predicted octanol–water partition coefficient (Wildman–Crippen LogP) is 2.75. The van der Waals surface area contributed by atoms with Crippen LogP contribution in [0.25, 0.3) is 0 Å². The van der Waals surface area contributed by atoms with Crippen molar-refractivity contribution in [3.8, 4) is 11.5 Å². The maximum atomic E-state index is 12.8. The van der Waals surface area contributed by atoms with E-state index < -0.39 is 0 Å². The number of para-hydroxylation sites is 1. The second-order valence-corrected chi connectivity index (χ2v) is 6.98. The molecule has 1 aliphatic rings. The third-order valence-electron chi connectivity index (χ3n) is 4.85. The smallest absolute Gasteiger partial charge is 0.254 e. The lowest BCUT2D eigenvalue weighted by atomic mass is 10.1. The summed E-state index contributed by atoms with van der Waals surface area (Å²) in [7, 11) is 3.09. The van der Waals surface area contributed by atoms with Crippen LogP contribution in [0, 0.1) is 0 Å². The number of halogens is 1. The highest BCUT2D eigenvalue weighted by molar-refractivity contribution is 6.33. The van der Waals surface area contributed by atoms with Gasteiger partial charge in [-0.2, -0.15) is 0 Å². The minimum Gasteiger partial charge on any atom is -0.493 e. The fourth-order valence-corrected chi connectivity index (χ4v) is 3.40. The lowest BCUT2D eigenvalue weighted by molar-refractivity contribution is -0.130. The Kier molecular flexibility index (Phi) is 6.82. The summed E-state index contributed by atoms with van der Waals surface area (Å²) in [5.74, 6) is 0.971. The number of ether oxygens (including phenoxy) is 2. The Morgan fingerprint density at radius 3 is 2.28 bits per heavy atom. The molecule has 1 fully saturated rings. The zero-order valence-electron chi connectivity index (χ0n) is 16.5. The molecule has 0 bridgehead atoms. The number of piperazine rings is 1. The third kappa shape index (κ3) is 4.92. The molecule has 2 amide bonds. The van der Waals surface area contributed by atoms with E-state index in [1.807, 2.05) is 18.2 Å². The molecule has 0 spiro atoms. The third-order valence-corrected chi connectivity index (χ3v) is 5.18. The number of amides is 2. The van der Waals surface area contributed by atoms with Gasteiger partial charge in [-0.1, -0.05) is 23.7 Å². The topological polar surface area (TPSA) is 71.1 Å².